The minimum Gasteiger partial charge on any atom is -0.397 e. The predicted octanol–water partition coefficient (Wildman–Crippen LogP) is 2.66. The van der Waals surface area contributed by atoms with Crippen LogP contribution < -0.4 is 11.1 Å². The predicted molar refractivity (Wildman–Crippen MR) is 69.7 cm³/mol. The molecule has 0 heterocycles. The zero-order valence-electron chi connectivity index (χ0n) is 10.6. The molecule has 0 aliphatic rings. The van der Waals surface area contributed by atoms with Crippen LogP contribution in [0.2, 0.25) is 0 Å². The number of hydrogen-bond acceptors (Lipinski definition) is 3. The SMILES string of the molecule is COCC(Nc1c(C)cccc1N)C(C)C. The number of nitrogen functional groups attached to an aromatic ring is 1. The third kappa shape index (κ3) is 3.14. The molecule has 3 N–H and O–H groups in total. The Hall–Kier alpha value is -1.22. The second kappa shape index (κ2) is 5.75. The van der Waals surface area contributed by atoms with Crippen LogP contribution in [0.15, 0.2) is 18.2 Å². The van der Waals surface area contributed by atoms with E-state index >= 15 is 0 Å². The molecular weight excluding hydrogens is 200 g/mol. The summed E-state index contributed by atoms with van der Waals surface area (Å²) in [6.07, 6.45) is 0. The lowest BCUT2D eigenvalue weighted by molar-refractivity contribution is 0.171. The van der Waals surface area contributed by atoms with Crippen LogP contribution in [0.1, 0.15) is 19.4 Å². The Morgan fingerprint density at radius 3 is 2.56 bits per heavy atom. The number of para-hydroxylation sites is 1. The van der Waals surface area contributed by atoms with Crippen molar-refractivity contribution in [3.05, 3.63) is 23.8 Å². The number of benzene rings is 1. The van der Waals surface area contributed by atoms with Gasteiger partial charge in [-0.15, -0.1) is 0 Å². The molecule has 1 unspecified atom stereocenters. The molecule has 1 aromatic rings. The number of ether oxygens (including phenoxy) is 1. The van der Waals surface area contributed by atoms with Crippen molar-refractivity contribution < 1.29 is 4.74 Å². The van der Waals surface area contributed by atoms with Gasteiger partial charge in [0.15, 0.2) is 0 Å². The second-order valence-electron chi connectivity index (χ2n) is 4.49. The smallest absolute Gasteiger partial charge is 0.0666 e. The Morgan fingerprint density at radius 1 is 1.38 bits per heavy atom. The summed E-state index contributed by atoms with van der Waals surface area (Å²) in [5.41, 5.74) is 8.95. The lowest BCUT2D eigenvalue weighted by Crippen LogP contribution is -2.31. The van der Waals surface area contributed by atoms with Crippen molar-refractivity contribution >= 4 is 11.4 Å². The Bertz CT molecular complexity index is 316. The van der Waals surface area contributed by atoms with E-state index in [0.717, 1.165) is 11.4 Å². The first kappa shape index (κ1) is 12.8. The Balaban J connectivity index is 2.84. The maximum absolute atomic E-state index is 5.96. The van der Waals surface area contributed by atoms with Crippen LogP contribution in [0.4, 0.5) is 11.4 Å². The molecule has 3 heteroatoms. The van der Waals surface area contributed by atoms with Gasteiger partial charge in [0.1, 0.15) is 0 Å². The van der Waals surface area contributed by atoms with Gasteiger partial charge in [-0.2, -0.15) is 0 Å². The fraction of sp³-hybridized carbons (Fsp3) is 0.538. The quantitative estimate of drug-likeness (QED) is 0.753. The summed E-state index contributed by atoms with van der Waals surface area (Å²) in [6, 6.07) is 6.23. The molecule has 0 saturated heterocycles. The summed E-state index contributed by atoms with van der Waals surface area (Å²) in [5, 5.41) is 3.47. The minimum atomic E-state index is 0.286. The summed E-state index contributed by atoms with van der Waals surface area (Å²) in [4.78, 5) is 0. The molecule has 0 aliphatic carbocycles. The second-order valence-corrected chi connectivity index (χ2v) is 4.49. The molecule has 1 atom stereocenters. The third-order valence-electron chi connectivity index (χ3n) is 2.79. The molecule has 1 rings (SSSR count). The number of nitrogens with one attached hydrogen (secondary N) is 1. The van der Waals surface area contributed by atoms with Gasteiger partial charge in [0.05, 0.1) is 24.0 Å². The summed E-state index contributed by atoms with van der Waals surface area (Å²) in [5.74, 6) is 0.499. The number of aryl methyl sites for hydroxylation is 1. The highest BCUT2D eigenvalue weighted by atomic mass is 16.5. The van der Waals surface area contributed by atoms with Crippen molar-refractivity contribution in [1.29, 1.82) is 0 Å². The molecule has 1 aromatic carbocycles. The molecule has 0 saturated carbocycles. The monoisotopic (exact) mass is 222 g/mol. The van der Waals surface area contributed by atoms with E-state index in [0.29, 0.717) is 12.5 Å². The van der Waals surface area contributed by atoms with E-state index in [4.69, 9.17) is 10.5 Å². The van der Waals surface area contributed by atoms with Crippen LogP contribution in [-0.4, -0.2) is 19.8 Å². The van der Waals surface area contributed by atoms with Gasteiger partial charge in [0.2, 0.25) is 0 Å². The Morgan fingerprint density at radius 2 is 2.06 bits per heavy atom. The molecule has 0 aromatic heterocycles. The van der Waals surface area contributed by atoms with Gasteiger partial charge in [0.25, 0.3) is 0 Å². The first-order valence-corrected chi connectivity index (χ1v) is 5.66. The highest BCUT2D eigenvalue weighted by Gasteiger charge is 2.14. The number of anilines is 2. The van der Waals surface area contributed by atoms with Gasteiger partial charge < -0.3 is 15.8 Å². The van der Waals surface area contributed by atoms with E-state index in [1.807, 2.05) is 12.1 Å². The van der Waals surface area contributed by atoms with Gasteiger partial charge in [-0.25, -0.2) is 0 Å². The molecule has 0 aliphatic heterocycles. The molecular formula is C13H22N2O. The van der Waals surface area contributed by atoms with Crippen LogP contribution in [0.5, 0.6) is 0 Å². The maximum atomic E-state index is 5.96. The van der Waals surface area contributed by atoms with Gasteiger partial charge in [-0.1, -0.05) is 26.0 Å². The summed E-state index contributed by atoms with van der Waals surface area (Å²) >= 11 is 0. The molecule has 0 fully saturated rings. The van der Waals surface area contributed by atoms with E-state index in [2.05, 4.69) is 32.2 Å². The van der Waals surface area contributed by atoms with E-state index in [-0.39, 0.29) is 6.04 Å². The zero-order valence-corrected chi connectivity index (χ0v) is 10.6. The molecule has 0 amide bonds. The van der Waals surface area contributed by atoms with Gasteiger partial charge in [-0.05, 0) is 24.5 Å². The number of rotatable bonds is 5. The van der Waals surface area contributed by atoms with Crippen molar-refractivity contribution in [2.24, 2.45) is 5.92 Å². The topological polar surface area (TPSA) is 47.3 Å². The lowest BCUT2D eigenvalue weighted by atomic mass is 10.0. The normalized spacial score (nSPS) is 12.8. The molecule has 0 radical (unpaired) electrons. The highest BCUT2D eigenvalue weighted by molar-refractivity contribution is 5.70. The van der Waals surface area contributed by atoms with E-state index < -0.39 is 0 Å². The van der Waals surface area contributed by atoms with Crippen LogP contribution >= 0.6 is 0 Å². The van der Waals surface area contributed by atoms with Crippen molar-refractivity contribution in [3.63, 3.8) is 0 Å². The van der Waals surface area contributed by atoms with Crippen molar-refractivity contribution in [2.75, 3.05) is 24.8 Å². The fourth-order valence-electron chi connectivity index (χ4n) is 1.65. The van der Waals surface area contributed by atoms with Crippen molar-refractivity contribution in [2.45, 2.75) is 26.8 Å². The third-order valence-corrected chi connectivity index (χ3v) is 2.79. The average molecular weight is 222 g/mol. The highest BCUT2D eigenvalue weighted by Crippen LogP contribution is 2.24. The Kier molecular flexibility index (Phi) is 4.62. The first-order valence-electron chi connectivity index (χ1n) is 5.66. The van der Waals surface area contributed by atoms with Crippen molar-refractivity contribution in [1.82, 2.24) is 0 Å². The van der Waals surface area contributed by atoms with Gasteiger partial charge >= 0.3 is 0 Å². The lowest BCUT2D eigenvalue weighted by Gasteiger charge is -2.24. The van der Waals surface area contributed by atoms with Crippen molar-refractivity contribution in [3.8, 4) is 0 Å². The number of methoxy groups -OCH3 is 1. The van der Waals surface area contributed by atoms with E-state index in [1.54, 1.807) is 7.11 Å². The standard InChI is InChI=1S/C13H22N2O/c1-9(2)12(8-16-4)15-13-10(3)6-5-7-11(13)14/h5-7,9,12,15H,8,14H2,1-4H3. The van der Waals surface area contributed by atoms with E-state index in [9.17, 15) is 0 Å². The van der Waals surface area contributed by atoms with Crippen LogP contribution in [0, 0.1) is 12.8 Å². The minimum absolute atomic E-state index is 0.286. The number of hydrogen-bond donors (Lipinski definition) is 2. The molecule has 16 heavy (non-hydrogen) atoms. The van der Waals surface area contributed by atoms with Gasteiger partial charge in [0, 0.05) is 7.11 Å². The summed E-state index contributed by atoms with van der Waals surface area (Å²) in [7, 11) is 1.72. The largest absolute Gasteiger partial charge is 0.397 e. The zero-order chi connectivity index (χ0) is 12.1. The summed E-state index contributed by atoms with van der Waals surface area (Å²) in [6.45, 7) is 7.09. The van der Waals surface area contributed by atoms with E-state index in [1.165, 1.54) is 5.56 Å². The average Bonchev–Trinajstić information content (AvgIpc) is 2.21. The molecule has 0 spiro atoms. The first-order chi connectivity index (χ1) is 7.56. The van der Waals surface area contributed by atoms with Gasteiger partial charge in [-0.3, -0.25) is 0 Å². The van der Waals surface area contributed by atoms with Crippen LogP contribution in [-0.2, 0) is 4.74 Å². The fourth-order valence-corrected chi connectivity index (χ4v) is 1.65. The molecule has 0 bridgehead atoms. The van der Waals surface area contributed by atoms with Crippen LogP contribution in [0.3, 0.4) is 0 Å². The molecule has 3 nitrogen and oxygen atoms in total. The number of nitrogens with two attached hydrogens (primary N) is 1. The van der Waals surface area contributed by atoms with Crippen LogP contribution in [0.25, 0.3) is 0 Å². The summed E-state index contributed by atoms with van der Waals surface area (Å²) < 4.78 is 5.21. The molecule has 90 valence electrons. The Labute approximate surface area is 98.0 Å². The maximum Gasteiger partial charge on any atom is 0.0666 e.